The van der Waals surface area contributed by atoms with Crippen LogP contribution in [-0.4, -0.2) is 11.8 Å². The van der Waals surface area contributed by atoms with Gasteiger partial charge in [0.2, 0.25) is 11.8 Å². The molecule has 3 nitrogen and oxygen atoms in total. The summed E-state index contributed by atoms with van der Waals surface area (Å²) in [7, 11) is 0. The number of carbonyl (C=O) groups is 2. The van der Waals surface area contributed by atoms with Crippen LogP contribution >= 0.6 is 11.6 Å². The van der Waals surface area contributed by atoms with Gasteiger partial charge < -0.3 is 0 Å². The molecule has 0 aliphatic carbocycles. The number of halogens is 1. The van der Waals surface area contributed by atoms with Gasteiger partial charge in [0.25, 0.3) is 0 Å². The normalized spacial score (nSPS) is 20.7. The summed E-state index contributed by atoms with van der Waals surface area (Å²) in [5.41, 5.74) is 1.03. The highest BCUT2D eigenvalue weighted by molar-refractivity contribution is 6.30. The zero-order valence-corrected chi connectivity index (χ0v) is 9.46. The minimum Gasteiger partial charge on any atom is -0.296 e. The molecule has 1 saturated heterocycles. The van der Waals surface area contributed by atoms with Crippen LogP contribution in [0.15, 0.2) is 24.3 Å². The number of hydrogen-bond donors (Lipinski definition) is 1. The summed E-state index contributed by atoms with van der Waals surface area (Å²) in [6, 6.07) is 7.46. The summed E-state index contributed by atoms with van der Waals surface area (Å²) in [5, 5.41) is 3.02. The van der Waals surface area contributed by atoms with Gasteiger partial charge in [0.1, 0.15) is 0 Å². The number of imide groups is 1. The van der Waals surface area contributed by atoms with Crippen molar-refractivity contribution in [3.8, 4) is 0 Å². The van der Waals surface area contributed by atoms with Gasteiger partial charge in [-0.3, -0.25) is 14.9 Å². The molecular weight excluding hydrogens is 226 g/mol. The Bertz CT molecular complexity index is 431. The number of nitrogens with one attached hydrogen (secondary N) is 1. The molecule has 1 atom stereocenters. The van der Waals surface area contributed by atoms with E-state index >= 15 is 0 Å². The lowest BCUT2D eigenvalue weighted by atomic mass is 9.91. The summed E-state index contributed by atoms with van der Waals surface area (Å²) >= 11 is 5.87. The Balaban J connectivity index is 2.05. The van der Waals surface area contributed by atoms with Gasteiger partial charge in [-0.2, -0.15) is 0 Å². The van der Waals surface area contributed by atoms with Crippen molar-refractivity contribution in [2.75, 3.05) is 0 Å². The van der Waals surface area contributed by atoms with Gasteiger partial charge in [-0.25, -0.2) is 0 Å². The standard InChI is InChI=1S/C12H12ClNO2/c13-10-3-1-2-8(7-10)6-9-4-5-11(15)14-12(9)16/h1-3,7,9H,4-6H2,(H,14,15,16). The fourth-order valence-corrected chi connectivity index (χ4v) is 2.09. The van der Waals surface area contributed by atoms with Crippen LogP contribution in [0.1, 0.15) is 18.4 Å². The Hall–Kier alpha value is -1.35. The molecule has 1 heterocycles. The smallest absolute Gasteiger partial charge is 0.230 e. The molecule has 0 saturated carbocycles. The second-order valence-corrected chi connectivity index (χ2v) is 4.42. The molecule has 0 spiro atoms. The highest BCUT2D eigenvalue weighted by atomic mass is 35.5. The van der Waals surface area contributed by atoms with E-state index < -0.39 is 0 Å². The second-order valence-electron chi connectivity index (χ2n) is 3.98. The topological polar surface area (TPSA) is 46.2 Å². The molecule has 2 amide bonds. The van der Waals surface area contributed by atoms with E-state index in [2.05, 4.69) is 5.32 Å². The summed E-state index contributed by atoms with van der Waals surface area (Å²) < 4.78 is 0. The number of rotatable bonds is 2. The lowest BCUT2D eigenvalue weighted by Gasteiger charge is -2.20. The van der Waals surface area contributed by atoms with Crippen molar-refractivity contribution in [3.05, 3.63) is 34.9 Å². The van der Waals surface area contributed by atoms with Gasteiger partial charge in [-0.05, 0) is 30.5 Å². The van der Waals surface area contributed by atoms with Crippen LogP contribution in [0.25, 0.3) is 0 Å². The molecular formula is C12H12ClNO2. The van der Waals surface area contributed by atoms with Crippen molar-refractivity contribution in [3.63, 3.8) is 0 Å². The Kier molecular flexibility index (Phi) is 3.25. The zero-order valence-electron chi connectivity index (χ0n) is 8.70. The monoisotopic (exact) mass is 237 g/mol. The molecule has 4 heteroatoms. The quantitative estimate of drug-likeness (QED) is 0.799. The van der Waals surface area contributed by atoms with Crippen molar-refractivity contribution < 1.29 is 9.59 Å². The third-order valence-corrected chi connectivity index (χ3v) is 2.96. The van der Waals surface area contributed by atoms with E-state index in [9.17, 15) is 9.59 Å². The minimum atomic E-state index is -0.174. The average Bonchev–Trinajstić information content (AvgIpc) is 2.22. The van der Waals surface area contributed by atoms with E-state index in [1.807, 2.05) is 18.2 Å². The molecule has 1 N–H and O–H groups in total. The third-order valence-electron chi connectivity index (χ3n) is 2.72. The van der Waals surface area contributed by atoms with Gasteiger partial charge in [0.05, 0.1) is 0 Å². The molecule has 1 aliphatic rings. The van der Waals surface area contributed by atoms with Crippen molar-refractivity contribution >= 4 is 23.4 Å². The lowest BCUT2D eigenvalue weighted by Crippen LogP contribution is -2.41. The molecule has 1 aromatic carbocycles. The molecule has 0 radical (unpaired) electrons. The van der Waals surface area contributed by atoms with Crippen molar-refractivity contribution in [2.45, 2.75) is 19.3 Å². The summed E-state index contributed by atoms with van der Waals surface area (Å²) in [4.78, 5) is 22.5. The molecule has 84 valence electrons. The van der Waals surface area contributed by atoms with Crippen LogP contribution in [0.3, 0.4) is 0 Å². The van der Waals surface area contributed by atoms with E-state index in [4.69, 9.17) is 11.6 Å². The van der Waals surface area contributed by atoms with Crippen LogP contribution in [-0.2, 0) is 16.0 Å². The Morgan fingerprint density at radius 3 is 2.88 bits per heavy atom. The maximum absolute atomic E-state index is 11.5. The van der Waals surface area contributed by atoms with Gasteiger partial charge in [-0.15, -0.1) is 0 Å². The molecule has 2 rings (SSSR count). The predicted molar refractivity (Wildman–Crippen MR) is 61.0 cm³/mol. The first-order valence-electron chi connectivity index (χ1n) is 5.23. The van der Waals surface area contributed by atoms with Crippen molar-refractivity contribution in [2.24, 2.45) is 5.92 Å². The fraction of sp³-hybridized carbons (Fsp3) is 0.333. The van der Waals surface area contributed by atoms with Crippen LogP contribution in [0.2, 0.25) is 5.02 Å². The van der Waals surface area contributed by atoms with E-state index in [1.165, 1.54) is 0 Å². The minimum absolute atomic E-state index is 0.115. The van der Waals surface area contributed by atoms with Crippen LogP contribution in [0.5, 0.6) is 0 Å². The molecule has 1 aromatic rings. The first-order chi connectivity index (χ1) is 7.65. The summed E-state index contributed by atoms with van der Waals surface area (Å²) in [6.07, 6.45) is 1.69. The van der Waals surface area contributed by atoms with Gasteiger partial charge in [0, 0.05) is 17.4 Å². The van der Waals surface area contributed by atoms with Crippen molar-refractivity contribution in [1.82, 2.24) is 5.32 Å². The summed E-state index contributed by atoms with van der Waals surface area (Å²) in [6.45, 7) is 0. The SMILES string of the molecule is O=C1CCC(Cc2cccc(Cl)c2)C(=O)N1. The van der Waals surface area contributed by atoms with E-state index in [-0.39, 0.29) is 17.7 Å². The summed E-state index contributed by atoms with van der Waals surface area (Å²) in [5.74, 6) is -0.459. The predicted octanol–water partition coefficient (Wildman–Crippen LogP) is 1.94. The van der Waals surface area contributed by atoms with E-state index in [0.717, 1.165) is 5.56 Å². The van der Waals surface area contributed by atoms with Crippen LogP contribution in [0, 0.1) is 5.92 Å². The van der Waals surface area contributed by atoms with Gasteiger partial charge >= 0.3 is 0 Å². The van der Waals surface area contributed by atoms with E-state index in [1.54, 1.807) is 6.07 Å². The number of benzene rings is 1. The first kappa shape index (κ1) is 11.1. The Morgan fingerprint density at radius 2 is 2.19 bits per heavy atom. The molecule has 1 aliphatic heterocycles. The number of piperidine rings is 1. The maximum Gasteiger partial charge on any atom is 0.230 e. The number of carbonyl (C=O) groups excluding carboxylic acids is 2. The van der Waals surface area contributed by atoms with Crippen molar-refractivity contribution in [1.29, 1.82) is 0 Å². The highest BCUT2D eigenvalue weighted by Crippen LogP contribution is 2.20. The molecule has 0 bridgehead atoms. The number of hydrogen-bond acceptors (Lipinski definition) is 2. The Morgan fingerprint density at radius 1 is 1.38 bits per heavy atom. The second kappa shape index (κ2) is 4.66. The molecule has 16 heavy (non-hydrogen) atoms. The van der Waals surface area contributed by atoms with Gasteiger partial charge in [0.15, 0.2) is 0 Å². The largest absolute Gasteiger partial charge is 0.296 e. The molecule has 1 fully saturated rings. The van der Waals surface area contributed by atoms with Crippen LogP contribution in [0.4, 0.5) is 0 Å². The highest BCUT2D eigenvalue weighted by Gasteiger charge is 2.26. The number of amides is 2. The first-order valence-corrected chi connectivity index (χ1v) is 5.61. The zero-order chi connectivity index (χ0) is 11.5. The maximum atomic E-state index is 11.5. The lowest BCUT2D eigenvalue weighted by molar-refractivity contribution is -0.136. The Labute approximate surface area is 98.8 Å². The third kappa shape index (κ3) is 2.61. The average molecular weight is 238 g/mol. The molecule has 1 unspecified atom stereocenters. The van der Waals surface area contributed by atoms with Crippen LogP contribution < -0.4 is 5.32 Å². The van der Waals surface area contributed by atoms with Gasteiger partial charge in [-0.1, -0.05) is 23.7 Å². The fourth-order valence-electron chi connectivity index (χ4n) is 1.88. The van der Waals surface area contributed by atoms with E-state index in [0.29, 0.717) is 24.3 Å². The molecule has 0 aromatic heterocycles.